The lowest BCUT2D eigenvalue weighted by Gasteiger charge is -2.39. The number of carbonyl (C=O) groups is 2. The van der Waals surface area contributed by atoms with Crippen LogP contribution in [0.5, 0.6) is 0 Å². The number of amides is 2. The number of rotatable bonds is 9. The van der Waals surface area contributed by atoms with E-state index in [0.29, 0.717) is 43.6 Å². The van der Waals surface area contributed by atoms with E-state index in [1.807, 2.05) is 23.3 Å². The standard InChI is InChI=1S/C21H26N6O4S2/c1-2-26-20(29)19-16(11-13-32-19)27-17(24-25-21(26)27)4-3-5-18(28)23-12-10-14-6-8-15(9-7-14)33(22,30)31/h6-9,11,13,21,25H,2-5,10,12H2,1H3,(H,23,28)(H2,22,30,31). The summed E-state index contributed by atoms with van der Waals surface area (Å²) in [6.45, 7) is 2.96. The molecule has 2 aromatic rings. The molecule has 1 atom stereocenters. The van der Waals surface area contributed by atoms with Gasteiger partial charge in [-0.05, 0) is 48.9 Å². The molecule has 1 unspecified atom stereocenters. The highest BCUT2D eigenvalue weighted by molar-refractivity contribution is 7.89. The second-order valence-electron chi connectivity index (χ2n) is 7.77. The molecule has 1 aromatic heterocycles. The molecule has 0 aliphatic carbocycles. The first-order valence-corrected chi connectivity index (χ1v) is 13.1. The highest BCUT2D eigenvalue weighted by Crippen LogP contribution is 2.36. The van der Waals surface area contributed by atoms with Gasteiger partial charge in [0.1, 0.15) is 10.7 Å². The number of benzene rings is 1. The Hall–Kier alpha value is -2.96. The maximum absolute atomic E-state index is 12.7. The van der Waals surface area contributed by atoms with E-state index in [-0.39, 0.29) is 23.0 Å². The molecule has 0 bridgehead atoms. The molecule has 3 heterocycles. The number of thiophene rings is 1. The molecule has 33 heavy (non-hydrogen) atoms. The van der Waals surface area contributed by atoms with Gasteiger partial charge >= 0.3 is 0 Å². The molecule has 0 spiro atoms. The summed E-state index contributed by atoms with van der Waals surface area (Å²) in [5.41, 5.74) is 4.82. The molecule has 2 amide bonds. The van der Waals surface area contributed by atoms with Crippen LogP contribution < -0.4 is 20.8 Å². The minimum Gasteiger partial charge on any atom is -0.356 e. The van der Waals surface area contributed by atoms with Gasteiger partial charge in [-0.2, -0.15) is 5.10 Å². The number of fused-ring (bicyclic) bond motifs is 3. The van der Waals surface area contributed by atoms with Gasteiger partial charge in [0.15, 0.2) is 0 Å². The fraction of sp³-hybridized carbons (Fsp3) is 0.381. The van der Waals surface area contributed by atoms with Crippen LogP contribution in [0.2, 0.25) is 0 Å². The van der Waals surface area contributed by atoms with Crippen LogP contribution in [0, 0.1) is 0 Å². The summed E-state index contributed by atoms with van der Waals surface area (Å²) >= 11 is 1.43. The zero-order valence-electron chi connectivity index (χ0n) is 18.2. The first-order valence-electron chi connectivity index (χ1n) is 10.7. The predicted octanol–water partition coefficient (Wildman–Crippen LogP) is 1.41. The second kappa shape index (κ2) is 9.49. The van der Waals surface area contributed by atoms with Gasteiger partial charge in [-0.3, -0.25) is 24.8 Å². The van der Waals surface area contributed by atoms with E-state index in [2.05, 4.69) is 15.8 Å². The summed E-state index contributed by atoms with van der Waals surface area (Å²) in [6, 6.07) is 8.23. The Morgan fingerprint density at radius 1 is 1.24 bits per heavy atom. The lowest BCUT2D eigenvalue weighted by molar-refractivity contribution is -0.121. The summed E-state index contributed by atoms with van der Waals surface area (Å²) in [7, 11) is -3.70. The Morgan fingerprint density at radius 3 is 2.70 bits per heavy atom. The molecular weight excluding hydrogens is 464 g/mol. The number of hydrogen-bond acceptors (Lipinski definition) is 8. The van der Waals surface area contributed by atoms with E-state index in [0.717, 1.165) is 17.1 Å². The van der Waals surface area contributed by atoms with Crippen molar-refractivity contribution in [2.24, 2.45) is 10.2 Å². The van der Waals surface area contributed by atoms with Gasteiger partial charge < -0.3 is 5.32 Å². The Labute approximate surface area is 196 Å². The molecule has 10 nitrogen and oxygen atoms in total. The van der Waals surface area contributed by atoms with Crippen LogP contribution in [0.25, 0.3) is 0 Å². The molecule has 176 valence electrons. The maximum atomic E-state index is 12.7. The van der Waals surface area contributed by atoms with Crippen LogP contribution in [0.4, 0.5) is 5.69 Å². The predicted molar refractivity (Wildman–Crippen MR) is 126 cm³/mol. The van der Waals surface area contributed by atoms with Gasteiger partial charge in [-0.1, -0.05) is 12.1 Å². The number of nitrogens with one attached hydrogen (secondary N) is 2. The number of anilines is 1. The zero-order valence-corrected chi connectivity index (χ0v) is 19.8. The normalized spacial score (nSPS) is 17.3. The number of amidine groups is 1. The first-order chi connectivity index (χ1) is 15.8. The third-order valence-corrected chi connectivity index (χ3v) is 7.44. The monoisotopic (exact) mass is 490 g/mol. The van der Waals surface area contributed by atoms with Gasteiger partial charge in [0.05, 0.1) is 10.6 Å². The van der Waals surface area contributed by atoms with Crippen molar-refractivity contribution >= 4 is 44.7 Å². The van der Waals surface area contributed by atoms with Crippen molar-refractivity contribution in [1.29, 1.82) is 0 Å². The van der Waals surface area contributed by atoms with E-state index in [4.69, 9.17) is 5.14 Å². The van der Waals surface area contributed by atoms with Crippen molar-refractivity contribution < 1.29 is 18.0 Å². The summed E-state index contributed by atoms with van der Waals surface area (Å²) in [4.78, 5) is 29.5. The smallest absolute Gasteiger partial charge is 0.269 e. The fourth-order valence-electron chi connectivity index (χ4n) is 3.94. The van der Waals surface area contributed by atoms with E-state index < -0.39 is 10.0 Å². The van der Waals surface area contributed by atoms with Crippen LogP contribution in [0.3, 0.4) is 0 Å². The van der Waals surface area contributed by atoms with Crippen molar-refractivity contribution in [1.82, 2.24) is 15.6 Å². The molecule has 2 aliphatic heterocycles. The van der Waals surface area contributed by atoms with E-state index in [1.165, 1.54) is 23.5 Å². The summed E-state index contributed by atoms with van der Waals surface area (Å²) < 4.78 is 22.6. The molecule has 0 saturated carbocycles. The van der Waals surface area contributed by atoms with Crippen molar-refractivity contribution in [3.63, 3.8) is 0 Å². The minimum atomic E-state index is -3.70. The Bertz CT molecular complexity index is 1180. The van der Waals surface area contributed by atoms with Crippen molar-refractivity contribution in [3.05, 3.63) is 46.2 Å². The zero-order chi connectivity index (χ0) is 23.6. The molecule has 4 N–H and O–H groups in total. The van der Waals surface area contributed by atoms with Crippen molar-refractivity contribution in [2.75, 3.05) is 18.0 Å². The Balaban J connectivity index is 1.24. The fourth-order valence-corrected chi connectivity index (χ4v) is 5.29. The molecule has 4 rings (SSSR count). The molecule has 12 heteroatoms. The van der Waals surface area contributed by atoms with E-state index in [9.17, 15) is 18.0 Å². The number of sulfonamides is 1. The third-order valence-electron chi connectivity index (χ3n) is 5.62. The van der Waals surface area contributed by atoms with Crippen LogP contribution in [-0.2, 0) is 21.2 Å². The molecule has 0 fully saturated rings. The third kappa shape index (κ3) is 4.87. The van der Waals surface area contributed by atoms with Crippen LogP contribution in [0.15, 0.2) is 45.7 Å². The molecular formula is C21H26N6O4S2. The number of carbonyl (C=O) groups excluding carboxylic acids is 2. The van der Waals surface area contributed by atoms with Gasteiger partial charge in [-0.25, -0.2) is 13.6 Å². The van der Waals surface area contributed by atoms with Gasteiger partial charge in [-0.15, -0.1) is 11.3 Å². The Kier molecular flexibility index (Phi) is 6.68. The van der Waals surface area contributed by atoms with E-state index >= 15 is 0 Å². The molecule has 0 saturated heterocycles. The first kappa shape index (κ1) is 23.2. The lowest BCUT2D eigenvalue weighted by atomic mass is 10.1. The average Bonchev–Trinajstić information content (AvgIpc) is 3.41. The molecule has 0 radical (unpaired) electrons. The van der Waals surface area contributed by atoms with Crippen molar-refractivity contribution in [3.8, 4) is 0 Å². The van der Waals surface area contributed by atoms with Gasteiger partial charge in [0, 0.05) is 25.9 Å². The topological polar surface area (TPSA) is 137 Å². The SMILES string of the molecule is CCN1C(=O)c2sccc2N2C(CCCC(=O)NCCc3ccc(S(N)(=O)=O)cc3)=NNC12. The Morgan fingerprint density at radius 2 is 2.00 bits per heavy atom. The second-order valence-corrected chi connectivity index (χ2v) is 10.2. The lowest BCUT2D eigenvalue weighted by Crippen LogP contribution is -2.58. The number of hydrogen-bond donors (Lipinski definition) is 3. The number of primary sulfonamides is 1. The van der Waals surface area contributed by atoms with Crippen LogP contribution >= 0.6 is 11.3 Å². The number of nitrogens with two attached hydrogens (primary N) is 1. The summed E-state index contributed by atoms with van der Waals surface area (Å²) in [5, 5.41) is 14.3. The van der Waals surface area contributed by atoms with Crippen molar-refractivity contribution in [2.45, 2.75) is 43.8 Å². The van der Waals surface area contributed by atoms with Crippen LogP contribution in [0.1, 0.15) is 41.4 Å². The summed E-state index contributed by atoms with van der Waals surface area (Å²) in [5.74, 6) is 0.763. The van der Waals surface area contributed by atoms with Crippen LogP contribution in [-0.4, -0.2) is 50.3 Å². The number of nitrogens with zero attached hydrogens (tertiary/aromatic N) is 3. The highest BCUT2D eigenvalue weighted by atomic mass is 32.2. The maximum Gasteiger partial charge on any atom is 0.269 e. The average molecular weight is 491 g/mol. The van der Waals surface area contributed by atoms with E-state index in [1.54, 1.807) is 17.0 Å². The van der Waals surface area contributed by atoms with Gasteiger partial charge in [0.2, 0.25) is 22.2 Å². The minimum absolute atomic E-state index is 0.00590. The summed E-state index contributed by atoms with van der Waals surface area (Å²) in [6.07, 6.45) is 1.85. The van der Waals surface area contributed by atoms with Gasteiger partial charge in [0.25, 0.3) is 5.91 Å². The quantitative estimate of drug-likeness (QED) is 0.486. The highest BCUT2D eigenvalue weighted by Gasteiger charge is 2.42. The number of hydrazone groups is 1. The molecule has 1 aromatic carbocycles. The molecule has 2 aliphatic rings. The largest absolute Gasteiger partial charge is 0.356 e.